The van der Waals surface area contributed by atoms with Crippen LogP contribution in [0.3, 0.4) is 0 Å². The summed E-state index contributed by atoms with van der Waals surface area (Å²) in [6, 6.07) is 12.0. The van der Waals surface area contributed by atoms with E-state index in [0.717, 1.165) is 30.5 Å². The van der Waals surface area contributed by atoms with Crippen LogP contribution in [0.15, 0.2) is 61.3 Å². The Kier molecular flexibility index (Phi) is 6.63. The number of ether oxygens (including phenoxy) is 1. The minimum absolute atomic E-state index is 0.143. The van der Waals surface area contributed by atoms with Gasteiger partial charge in [0.25, 0.3) is 0 Å². The minimum Gasteiger partial charge on any atom is -0.378 e. The number of carbonyl (C=O) groups excluding carboxylic acids is 1. The number of amides is 1. The molecule has 1 aliphatic heterocycles. The van der Waals surface area contributed by atoms with Gasteiger partial charge >= 0.3 is 0 Å². The highest BCUT2D eigenvalue weighted by Gasteiger charge is 2.15. The Morgan fingerprint density at radius 1 is 1.19 bits per heavy atom. The van der Waals surface area contributed by atoms with Crippen LogP contribution in [-0.2, 0) is 9.53 Å². The van der Waals surface area contributed by atoms with Crippen molar-refractivity contribution >= 4 is 40.5 Å². The zero-order valence-corrected chi connectivity index (χ0v) is 17.9. The Hall–Kier alpha value is -3.49. The molecule has 3 aromatic rings. The number of aromatic nitrogens is 2. The molecule has 1 aliphatic rings. The van der Waals surface area contributed by atoms with Gasteiger partial charge in [-0.2, -0.15) is 0 Å². The van der Waals surface area contributed by atoms with E-state index in [9.17, 15) is 9.18 Å². The van der Waals surface area contributed by atoms with Crippen molar-refractivity contribution < 1.29 is 13.9 Å². The van der Waals surface area contributed by atoms with Crippen molar-refractivity contribution in [3.8, 4) is 11.3 Å². The number of nitrogens with one attached hydrogen (secondary N) is 2. The van der Waals surface area contributed by atoms with E-state index in [1.54, 1.807) is 0 Å². The average Bonchev–Trinajstić information content (AvgIpc) is 2.82. The molecule has 1 saturated heterocycles. The van der Waals surface area contributed by atoms with Crippen LogP contribution in [0.5, 0.6) is 0 Å². The fourth-order valence-electron chi connectivity index (χ4n) is 3.33. The van der Waals surface area contributed by atoms with Crippen molar-refractivity contribution in [3.05, 3.63) is 72.2 Å². The van der Waals surface area contributed by atoms with E-state index >= 15 is 0 Å². The lowest BCUT2D eigenvalue weighted by Crippen LogP contribution is -2.36. The number of carbonyl (C=O) groups is 1. The molecule has 0 atom stereocenters. The average molecular weight is 454 g/mol. The maximum Gasteiger partial charge on any atom is 0.247 e. The van der Waals surface area contributed by atoms with E-state index in [0.29, 0.717) is 18.9 Å². The smallest absolute Gasteiger partial charge is 0.247 e. The van der Waals surface area contributed by atoms with Gasteiger partial charge in [-0.1, -0.05) is 24.2 Å². The fourth-order valence-corrected chi connectivity index (χ4v) is 3.52. The molecule has 2 heterocycles. The summed E-state index contributed by atoms with van der Waals surface area (Å²) in [6.07, 6.45) is 2.54. The van der Waals surface area contributed by atoms with Gasteiger partial charge in [0.05, 0.1) is 30.1 Å². The fraction of sp³-hybridized carbons (Fsp3) is 0.174. The van der Waals surface area contributed by atoms with Crippen LogP contribution < -0.4 is 15.5 Å². The molecule has 2 aromatic carbocycles. The number of hydrogen-bond acceptors (Lipinski definition) is 6. The molecule has 164 valence electrons. The number of nitrogens with zero attached hydrogens (tertiary/aromatic N) is 3. The van der Waals surface area contributed by atoms with Gasteiger partial charge in [-0.05, 0) is 42.5 Å². The number of anilines is 4. The third-order valence-corrected chi connectivity index (χ3v) is 5.17. The summed E-state index contributed by atoms with van der Waals surface area (Å²) in [4.78, 5) is 22.5. The first-order valence-corrected chi connectivity index (χ1v) is 10.4. The van der Waals surface area contributed by atoms with Crippen LogP contribution in [0.2, 0.25) is 5.02 Å². The van der Waals surface area contributed by atoms with Crippen LogP contribution >= 0.6 is 11.6 Å². The van der Waals surface area contributed by atoms with Crippen molar-refractivity contribution in [2.24, 2.45) is 0 Å². The zero-order valence-electron chi connectivity index (χ0n) is 17.1. The first-order chi connectivity index (χ1) is 15.5. The Labute approximate surface area is 189 Å². The summed E-state index contributed by atoms with van der Waals surface area (Å²) in [7, 11) is 0. The van der Waals surface area contributed by atoms with Gasteiger partial charge in [-0.15, -0.1) is 0 Å². The predicted molar refractivity (Wildman–Crippen MR) is 124 cm³/mol. The molecule has 2 N–H and O–H groups in total. The molecule has 32 heavy (non-hydrogen) atoms. The summed E-state index contributed by atoms with van der Waals surface area (Å²) >= 11 is 6.28. The molecular formula is C23H21ClFN5O2. The van der Waals surface area contributed by atoms with Crippen molar-refractivity contribution in [1.82, 2.24) is 9.97 Å². The van der Waals surface area contributed by atoms with Crippen molar-refractivity contribution in [2.45, 2.75) is 0 Å². The standard InChI is InChI=1S/C23H21ClFN5O2/c1-2-21(31)27-16-6-7-20(25)18(13-16)22-19(24)14-26-23(29-22)28-15-4-3-5-17(12-15)30-8-10-32-11-9-30/h2-7,12-14H,1,8-11H2,(H,27,31)(H,26,28,29). The highest BCUT2D eigenvalue weighted by molar-refractivity contribution is 6.33. The van der Waals surface area contributed by atoms with Crippen LogP contribution in [0, 0.1) is 5.82 Å². The van der Waals surface area contributed by atoms with Crippen LogP contribution in [0.4, 0.5) is 27.4 Å². The molecule has 1 fully saturated rings. The number of hydrogen-bond donors (Lipinski definition) is 2. The van der Waals surface area contributed by atoms with Crippen molar-refractivity contribution in [2.75, 3.05) is 41.8 Å². The largest absolute Gasteiger partial charge is 0.378 e. The summed E-state index contributed by atoms with van der Waals surface area (Å²) in [5.41, 5.74) is 2.60. The molecular weight excluding hydrogens is 433 g/mol. The van der Waals surface area contributed by atoms with E-state index in [4.69, 9.17) is 16.3 Å². The second kappa shape index (κ2) is 9.76. The molecule has 4 rings (SSSR count). The maximum atomic E-state index is 14.6. The number of rotatable bonds is 6. The molecule has 1 amide bonds. The van der Waals surface area contributed by atoms with Crippen LogP contribution in [-0.4, -0.2) is 42.2 Å². The van der Waals surface area contributed by atoms with Gasteiger partial charge in [0.1, 0.15) is 5.82 Å². The lowest BCUT2D eigenvalue weighted by atomic mass is 10.1. The molecule has 0 saturated carbocycles. The van der Waals surface area contributed by atoms with E-state index in [2.05, 4.69) is 32.1 Å². The molecule has 7 nitrogen and oxygen atoms in total. The Balaban J connectivity index is 1.61. The van der Waals surface area contributed by atoms with Gasteiger partial charge in [-0.3, -0.25) is 4.79 Å². The Bertz CT molecular complexity index is 1150. The molecule has 0 bridgehead atoms. The van der Waals surface area contributed by atoms with Gasteiger partial charge in [0, 0.05) is 35.7 Å². The second-order valence-corrected chi connectivity index (χ2v) is 7.46. The normalized spacial score (nSPS) is 13.5. The zero-order chi connectivity index (χ0) is 22.5. The van der Waals surface area contributed by atoms with Gasteiger partial charge in [-0.25, -0.2) is 14.4 Å². The predicted octanol–water partition coefficient (Wildman–Crippen LogP) is 4.64. The monoisotopic (exact) mass is 453 g/mol. The highest BCUT2D eigenvalue weighted by Crippen LogP contribution is 2.31. The van der Waals surface area contributed by atoms with E-state index in [1.165, 1.54) is 24.4 Å². The van der Waals surface area contributed by atoms with Gasteiger partial charge in [0.2, 0.25) is 11.9 Å². The van der Waals surface area contributed by atoms with Gasteiger partial charge < -0.3 is 20.3 Å². The quantitative estimate of drug-likeness (QED) is 0.529. The van der Waals surface area contributed by atoms with Crippen LogP contribution in [0.25, 0.3) is 11.3 Å². The molecule has 0 radical (unpaired) electrons. The summed E-state index contributed by atoms with van der Waals surface area (Å²) in [5.74, 6) is -0.662. The molecule has 0 spiro atoms. The lowest BCUT2D eigenvalue weighted by molar-refractivity contribution is -0.111. The van der Waals surface area contributed by atoms with Gasteiger partial charge in [0.15, 0.2) is 0 Å². The van der Waals surface area contributed by atoms with Crippen molar-refractivity contribution in [1.29, 1.82) is 0 Å². The lowest BCUT2D eigenvalue weighted by Gasteiger charge is -2.29. The summed E-state index contributed by atoms with van der Waals surface area (Å²) in [5, 5.41) is 5.94. The second-order valence-electron chi connectivity index (χ2n) is 7.05. The molecule has 1 aromatic heterocycles. The Morgan fingerprint density at radius 3 is 2.78 bits per heavy atom. The van der Waals surface area contributed by atoms with Crippen molar-refractivity contribution in [3.63, 3.8) is 0 Å². The first kappa shape index (κ1) is 21.7. The van der Waals surface area contributed by atoms with E-state index in [1.807, 2.05) is 24.3 Å². The summed E-state index contributed by atoms with van der Waals surface area (Å²) in [6.45, 7) is 6.44. The number of morpholine rings is 1. The van der Waals surface area contributed by atoms with E-state index < -0.39 is 11.7 Å². The molecule has 9 heteroatoms. The van der Waals surface area contributed by atoms with E-state index in [-0.39, 0.29) is 22.2 Å². The minimum atomic E-state index is -0.525. The maximum absolute atomic E-state index is 14.6. The molecule has 0 unspecified atom stereocenters. The Morgan fingerprint density at radius 2 is 2.00 bits per heavy atom. The third-order valence-electron chi connectivity index (χ3n) is 4.90. The number of halogens is 2. The SMILES string of the molecule is C=CC(=O)Nc1ccc(F)c(-c2nc(Nc3cccc(N4CCOCC4)c3)ncc2Cl)c1. The topological polar surface area (TPSA) is 79.4 Å². The number of benzene rings is 2. The first-order valence-electron chi connectivity index (χ1n) is 9.99. The summed E-state index contributed by atoms with van der Waals surface area (Å²) < 4.78 is 20.0. The van der Waals surface area contributed by atoms with Crippen LogP contribution in [0.1, 0.15) is 0 Å². The molecule has 0 aliphatic carbocycles. The highest BCUT2D eigenvalue weighted by atomic mass is 35.5. The third kappa shape index (κ3) is 5.04.